The van der Waals surface area contributed by atoms with E-state index in [0.29, 0.717) is 19.4 Å². The smallest absolute Gasteiger partial charge is 0.408 e. The van der Waals surface area contributed by atoms with Gasteiger partial charge in [-0.2, -0.15) is 0 Å². The third-order valence-corrected chi connectivity index (χ3v) is 5.04. The zero-order valence-electron chi connectivity index (χ0n) is 21.8. The molecule has 1 aliphatic heterocycles. The number of rotatable bonds is 9. The van der Waals surface area contributed by atoms with Gasteiger partial charge >= 0.3 is 12.1 Å². The van der Waals surface area contributed by atoms with Crippen molar-refractivity contribution in [3.8, 4) is 23.7 Å². The van der Waals surface area contributed by atoms with Gasteiger partial charge < -0.3 is 30.3 Å². The summed E-state index contributed by atoms with van der Waals surface area (Å²) in [6.45, 7) is 8.25. The lowest BCUT2D eigenvalue weighted by atomic mass is 10.1. The lowest BCUT2D eigenvalue weighted by Gasteiger charge is -2.29. The number of likely N-dealkylation sites (tertiary alicyclic amines) is 1. The van der Waals surface area contributed by atoms with Gasteiger partial charge in [-0.05, 0) is 47.5 Å². The maximum atomic E-state index is 13.2. The minimum Gasteiger partial charge on any atom is -0.467 e. The zero-order valence-corrected chi connectivity index (χ0v) is 21.8. The van der Waals surface area contributed by atoms with Crippen LogP contribution in [0.3, 0.4) is 0 Å². The number of hydrogen-bond acceptors (Lipinski definition) is 7. The number of methoxy groups -OCH3 is 1. The second kappa shape index (κ2) is 14.6. The van der Waals surface area contributed by atoms with Crippen LogP contribution < -0.4 is 16.0 Å². The Balaban J connectivity index is 2.81. The lowest BCUT2D eigenvalue weighted by molar-refractivity contribution is -0.145. The van der Waals surface area contributed by atoms with E-state index >= 15 is 0 Å². The number of carbonyl (C=O) groups excluding carboxylic acids is 5. The third kappa shape index (κ3) is 10.3. The first-order valence-electron chi connectivity index (χ1n) is 11.7. The summed E-state index contributed by atoms with van der Waals surface area (Å²) in [5.74, 6) is 8.59. The fraction of sp³-hybridized carbons (Fsp3) is 0.640. The molecule has 1 heterocycles. The van der Waals surface area contributed by atoms with Crippen LogP contribution in [0.1, 0.15) is 60.3 Å². The van der Waals surface area contributed by atoms with E-state index in [1.54, 1.807) is 34.6 Å². The molecule has 1 aliphatic rings. The molecule has 0 aliphatic carbocycles. The SMILES string of the molecule is CC#CC[C@H](NC(=O)CNC(=O)[C@@H]1CCCN1C(=O)[C@H](CC#CC)NC(=O)OC(C)(C)C)C(=O)OC. The fourth-order valence-corrected chi connectivity index (χ4v) is 3.43. The Morgan fingerprint density at radius 1 is 1.00 bits per heavy atom. The minimum atomic E-state index is -0.996. The van der Waals surface area contributed by atoms with Crippen molar-refractivity contribution in [2.24, 2.45) is 0 Å². The molecular weight excluding hydrogens is 468 g/mol. The predicted octanol–water partition coefficient (Wildman–Crippen LogP) is 0.472. The summed E-state index contributed by atoms with van der Waals surface area (Å²) >= 11 is 0. The molecule has 198 valence electrons. The Kier molecular flexibility index (Phi) is 12.3. The second-order valence-corrected chi connectivity index (χ2v) is 9.01. The topological polar surface area (TPSA) is 143 Å². The molecule has 0 radical (unpaired) electrons. The van der Waals surface area contributed by atoms with Gasteiger partial charge in [0.1, 0.15) is 23.7 Å². The molecule has 1 fully saturated rings. The highest BCUT2D eigenvalue weighted by Crippen LogP contribution is 2.19. The van der Waals surface area contributed by atoms with Gasteiger partial charge in [-0.15, -0.1) is 23.7 Å². The molecular formula is C25H36N4O7. The van der Waals surface area contributed by atoms with E-state index < -0.39 is 60.1 Å². The van der Waals surface area contributed by atoms with E-state index in [4.69, 9.17) is 4.74 Å². The van der Waals surface area contributed by atoms with Gasteiger partial charge in [0.05, 0.1) is 13.7 Å². The average molecular weight is 505 g/mol. The van der Waals surface area contributed by atoms with Crippen molar-refractivity contribution in [2.75, 3.05) is 20.2 Å². The van der Waals surface area contributed by atoms with Crippen molar-refractivity contribution in [3.05, 3.63) is 0 Å². The van der Waals surface area contributed by atoms with E-state index in [-0.39, 0.29) is 12.8 Å². The van der Waals surface area contributed by atoms with E-state index in [0.717, 1.165) is 0 Å². The maximum absolute atomic E-state index is 13.2. The van der Waals surface area contributed by atoms with E-state index in [2.05, 4.69) is 44.4 Å². The van der Waals surface area contributed by atoms with Gasteiger partial charge in [0, 0.05) is 19.4 Å². The normalized spacial score (nSPS) is 16.2. The molecule has 0 aromatic rings. The number of amides is 4. The number of ether oxygens (including phenoxy) is 2. The number of alkyl carbamates (subject to hydrolysis) is 1. The third-order valence-electron chi connectivity index (χ3n) is 5.04. The molecule has 11 heteroatoms. The van der Waals surface area contributed by atoms with Gasteiger partial charge in [-0.3, -0.25) is 14.4 Å². The van der Waals surface area contributed by atoms with Crippen LogP contribution in [-0.2, 0) is 28.7 Å². The van der Waals surface area contributed by atoms with Crippen molar-refractivity contribution >= 4 is 29.8 Å². The van der Waals surface area contributed by atoms with Crippen LogP contribution in [0.15, 0.2) is 0 Å². The average Bonchev–Trinajstić information content (AvgIpc) is 3.30. The first-order valence-corrected chi connectivity index (χ1v) is 11.7. The Hall–Kier alpha value is -3.73. The molecule has 0 aromatic carbocycles. The summed E-state index contributed by atoms with van der Waals surface area (Å²) in [6, 6.07) is -2.77. The largest absolute Gasteiger partial charge is 0.467 e. The van der Waals surface area contributed by atoms with E-state index in [1.807, 2.05) is 0 Å². The molecule has 3 atom stereocenters. The molecule has 0 saturated carbocycles. The minimum absolute atomic E-state index is 0.0530. The Labute approximate surface area is 212 Å². The summed E-state index contributed by atoms with van der Waals surface area (Å²) in [7, 11) is 1.20. The highest BCUT2D eigenvalue weighted by atomic mass is 16.6. The van der Waals surface area contributed by atoms with Gasteiger partial charge in [-0.25, -0.2) is 9.59 Å². The first-order chi connectivity index (χ1) is 16.9. The standard InChI is InChI=1S/C25H36N4O7/c1-7-9-12-17(28-24(34)36-25(3,4)5)22(32)29-15-11-14-19(29)21(31)26-16-20(30)27-18(13-10-8-2)23(33)35-6/h17-19H,11-16H2,1-6H3,(H,26,31)(H,27,30)(H,28,34)/t17-,18-,19-/m0/s1. The monoisotopic (exact) mass is 504 g/mol. The van der Waals surface area contributed by atoms with Gasteiger partial charge in [0.25, 0.3) is 0 Å². The van der Waals surface area contributed by atoms with Crippen LogP contribution in [0.5, 0.6) is 0 Å². The van der Waals surface area contributed by atoms with Gasteiger partial charge in [-0.1, -0.05) is 0 Å². The summed E-state index contributed by atoms with van der Waals surface area (Å²) in [6.07, 6.45) is 0.338. The van der Waals surface area contributed by atoms with Crippen LogP contribution in [0, 0.1) is 23.7 Å². The van der Waals surface area contributed by atoms with Gasteiger partial charge in [0.2, 0.25) is 17.7 Å². The molecule has 4 amide bonds. The Morgan fingerprint density at radius 2 is 1.61 bits per heavy atom. The summed E-state index contributed by atoms with van der Waals surface area (Å²) < 4.78 is 9.91. The number of carbonyl (C=O) groups is 5. The quantitative estimate of drug-likeness (QED) is 0.306. The Morgan fingerprint density at radius 3 is 2.17 bits per heavy atom. The maximum Gasteiger partial charge on any atom is 0.408 e. The van der Waals surface area contributed by atoms with Crippen molar-refractivity contribution in [3.63, 3.8) is 0 Å². The molecule has 0 spiro atoms. The second-order valence-electron chi connectivity index (χ2n) is 9.01. The van der Waals surface area contributed by atoms with Crippen molar-refractivity contribution in [2.45, 2.75) is 84.0 Å². The number of nitrogens with one attached hydrogen (secondary N) is 3. The number of esters is 1. The highest BCUT2D eigenvalue weighted by molar-refractivity contribution is 5.94. The molecule has 1 saturated heterocycles. The zero-order chi connectivity index (χ0) is 27.3. The van der Waals surface area contributed by atoms with Crippen molar-refractivity contribution < 1.29 is 33.4 Å². The van der Waals surface area contributed by atoms with Crippen LogP contribution in [0.25, 0.3) is 0 Å². The fourth-order valence-electron chi connectivity index (χ4n) is 3.43. The van der Waals surface area contributed by atoms with E-state index in [9.17, 15) is 24.0 Å². The summed E-state index contributed by atoms with van der Waals surface area (Å²) in [5, 5.41) is 7.53. The molecule has 0 unspecified atom stereocenters. The predicted molar refractivity (Wildman–Crippen MR) is 131 cm³/mol. The molecule has 1 rings (SSSR count). The van der Waals surface area contributed by atoms with Crippen molar-refractivity contribution in [1.82, 2.24) is 20.9 Å². The van der Waals surface area contributed by atoms with Crippen LogP contribution in [-0.4, -0.2) is 78.6 Å². The summed E-state index contributed by atoms with van der Waals surface area (Å²) in [4.78, 5) is 63.8. The number of hydrogen-bond donors (Lipinski definition) is 3. The molecule has 0 bridgehead atoms. The van der Waals surface area contributed by atoms with Crippen LogP contribution >= 0.6 is 0 Å². The molecule has 36 heavy (non-hydrogen) atoms. The van der Waals surface area contributed by atoms with Crippen LogP contribution in [0.2, 0.25) is 0 Å². The van der Waals surface area contributed by atoms with Gasteiger partial charge in [0.15, 0.2) is 0 Å². The Bertz CT molecular complexity index is 949. The van der Waals surface area contributed by atoms with Crippen LogP contribution in [0.4, 0.5) is 4.79 Å². The first kappa shape index (κ1) is 30.3. The lowest BCUT2D eigenvalue weighted by Crippen LogP contribution is -2.55. The van der Waals surface area contributed by atoms with Crippen molar-refractivity contribution in [1.29, 1.82) is 0 Å². The summed E-state index contributed by atoms with van der Waals surface area (Å²) in [5.41, 5.74) is -0.749. The highest BCUT2D eigenvalue weighted by Gasteiger charge is 2.38. The molecule has 0 aromatic heterocycles. The molecule has 11 nitrogen and oxygen atoms in total. The molecule has 3 N–H and O–H groups in total. The number of nitrogens with zero attached hydrogens (tertiary/aromatic N) is 1. The van der Waals surface area contributed by atoms with E-state index in [1.165, 1.54) is 12.0 Å².